The Hall–Kier alpha value is -3.91. The number of thioether (sulfide) groups is 1. The zero-order chi connectivity index (χ0) is 29.1. The lowest BCUT2D eigenvalue weighted by atomic mass is 9.78. The third kappa shape index (κ3) is 6.80. The SMILES string of the molecule is Cc1ccc(-c2nnc(SCC(=O)NN=Cc3cc(C(C)(C)C)c(O)c(C(C)(C)C)c3)n2-c2ccccc2)cc1. The van der Waals surface area contributed by atoms with Crippen LogP contribution < -0.4 is 5.43 Å². The van der Waals surface area contributed by atoms with Crippen LogP contribution in [0.2, 0.25) is 0 Å². The van der Waals surface area contributed by atoms with Crippen LogP contribution in [0.15, 0.2) is 77.0 Å². The van der Waals surface area contributed by atoms with Gasteiger partial charge in [0.25, 0.3) is 5.91 Å². The van der Waals surface area contributed by atoms with E-state index in [9.17, 15) is 9.90 Å². The largest absolute Gasteiger partial charge is 0.507 e. The van der Waals surface area contributed by atoms with Gasteiger partial charge in [-0.15, -0.1) is 10.2 Å². The van der Waals surface area contributed by atoms with Crippen molar-refractivity contribution in [2.24, 2.45) is 5.10 Å². The number of carbonyl (C=O) groups is 1. The molecule has 0 aliphatic carbocycles. The Bertz CT molecular complexity index is 1480. The summed E-state index contributed by atoms with van der Waals surface area (Å²) in [6.45, 7) is 14.4. The van der Waals surface area contributed by atoms with Crippen LogP contribution in [0.1, 0.15) is 63.8 Å². The molecule has 0 saturated carbocycles. The first-order valence-corrected chi connectivity index (χ1v) is 14.2. The van der Waals surface area contributed by atoms with Crippen molar-refractivity contribution in [3.8, 4) is 22.8 Å². The van der Waals surface area contributed by atoms with Crippen LogP contribution in [0, 0.1) is 6.92 Å². The first-order valence-electron chi connectivity index (χ1n) is 13.2. The summed E-state index contributed by atoms with van der Waals surface area (Å²) in [6, 6.07) is 21.8. The highest BCUT2D eigenvalue weighted by molar-refractivity contribution is 7.99. The highest BCUT2D eigenvalue weighted by Crippen LogP contribution is 2.39. The molecule has 208 valence electrons. The Kier molecular flexibility index (Phi) is 8.49. The van der Waals surface area contributed by atoms with E-state index in [1.165, 1.54) is 11.8 Å². The van der Waals surface area contributed by atoms with E-state index in [0.717, 1.165) is 33.5 Å². The summed E-state index contributed by atoms with van der Waals surface area (Å²) < 4.78 is 1.96. The normalized spacial score (nSPS) is 12.2. The van der Waals surface area contributed by atoms with Gasteiger partial charge in [0, 0.05) is 22.4 Å². The molecule has 0 aliphatic heterocycles. The van der Waals surface area contributed by atoms with E-state index in [1.807, 2.05) is 78.2 Å². The molecule has 0 bridgehead atoms. The fraction of sp³-hybridized carbons (Fsp3) is 0.312. The summed E-state index contributed by atoms with van der Waals surface area (Å²) in [7, 11) is 0. The maximum Gasteiger partial charge on any atom is 0.250 e. The molecule has 0 fully saturated rings. The lowest BCUT2D eigenvalue weighted by molar-refractivity contribution is -0.118. The molecule has 0 aliphatic rings. The molecule has 0 radical (unpaired) electrons. The number of aromatic nitrogens is 3. The van der Waals surface area contributed by atoms with E-state index in [2.05, 4.69) is 62.3 Å². The number of phenols is 1. The number of rotatable bonds is 7. The summed E-state index contributed by atoms with van der Waals surface area (Å²) >= 11 is 1.30. The maximum atomic E-state index is 12.7. The molecule has 4 rings (SSSR count). The van der Waals surface area contributed by atoms with Crippen LogP contribution in [0.4, 0.5) is 0 Å². The Balaban J connectivity index is 1.51. The summed E-state index contributed by atoms with van der Waals surface area (Å²) in [6.07, 6.45) is 1.62. The quantitative estimate of drug-likeness (QED) is 0.149. The topological polar surface area (TPSA) is 92.4 Å². The molecule has 1 aromatic heterocycles. The van der Waals surface area contributed by atoms with Crippen LogP contribution >= 0.6 is 11.8 Å². The Labute approximate surface area is 240 Å². The molecule has 3 aromatic carbocycles. The predicted molar refractivity (Wildman–Crippen MR) is 163 cm³/mol. The molecular weight excluding hydrogens is 518 g/mol. The minimum atomic E-state index is -0.258. The zero-order valence-electron chi connectivity index (χ0n) is 24.2. The molecule has 1 amide bonds. The lowest BCUT2D eigenvalue weighted by Gasteiger charge is -2.27. The van der Waals surface area contributed by atoms with Gasteiger partial charge in [-0.1, -0.05) is 101 Å². The number of aryl methyl sites for hydroxylation is 1. The lowest BCUT2D eigenvalue weighted by Crippen LogP contribution is -2.20. The van der Waals surface area contributed by atoms with Gasteiger partial charge < -0.3 is 5.11 Å². The van der Waals surface area contributed by atoms with Crippen molar-refractivity contribution in [1.29, 1.82) is 0 Å². The Morgan fingerprint density at radius 2 is 1.55 bits per heavy atom. The monoisotopic (exact) mass is 555 g/mol. The van der Waals surface area contributed by atoms with Gasteiger partial charge in [0.05, 0.1) is 12.0 Å². The van der Waals surface area contributed by atoms with Crippen molar-refractivity contribution in [3.63, 3.8) is 0 Å². The van der Waals surface area contributed by atoms with Crippen molar-refractivity contribution < 1.29 is 9.90 Å². The number of amides is 1. The van der Waals surface area contributed by atoms with E-state index < -0.39 is 0 Å². The van der Waals surface area contributed by atoms with Crippen LogP contribution in [-0.4, -0.2) is 37.7 Å². The van der Waals surface area contributed by atoms with Crippen molar-refractivity contribution in [2.75, 3.05) is 5.75 Å². The van der Waals surface area contributed by atoms with E-state index in [1.54, 1.807) is 6.21 Å². The fourth-order valence-electron chi connectivity index (χ4n) is 4.28. The van der Waals surface area contributed by atoms with Crippen LogP contribution in [-0.2, 0) is 15.6 Å². The number of hydrogen-bond donors (Lipinski definition) is 2. The molecule has 0 spiro atoms. The molecule has 8 heteroatoms. The van der Waals surface area contributed by atoms with E-state index >= 15 is 0 Å². The highest BCUT2D eigenvalue weighted by atomic mass is 32.2. The smallest absolute Gasteiger partial charge is 0.250 e. The molecule has 2 N–H and O–H groups in total. The number of nitrogens with zero attached hydrogens (tertiary/aromatic N) is 4. The molecule has 4 aromatic rings. The van der Waals surface area contributed by atoms with E-state index in [0.29, 0.717) is 16.7 Å². The number of phenolic OH excluding ortho intramolecular Hbond substituents is 1. The number of benzene rings is 3. The second-order valence-electron chi connectivity index (χ2n) is 11.9. The van der Waals surface area contributed by atoms with Crippen LogP contribution in [0.25, 0.3) is 17.1 Å². The van der Waals surface area contributed by atoms with Gasteiger partial charge in [-0.25, -0.2) is 5.43 Å². The Morgan fingerprint density at radius 3 is 2.12 bits per heavy atom. The van der Waals surface area contributed by atoms with Gasteiger partial charge in [0.2, 0.25) is 0 Å². The average Bonchev–Trinajstić information content (AvgIpc) is 3.32. The summed E-state index contributed by atoms with van der Waals surface area (Å²) in [4.78, 5) is 12.7. The third-order valence-corrected chi connectivity index (χ3v) is 7.37. The summed E-state index contributed by atoms with van der Waals surface area (Å²) in [5, 5.41) is 24.6. The van der Waals surface area contributed by atoms with Crippen LogP contribution in [0.3, 0.4) is 0 Å². The highest BCUT2D eigenvalue weighted by Gasteiger charge is 2.26. The summed E-state index contributed by atoms with van der Waals surface area (Å²) in [5.41, 5.74) is 7.65. The first kappa shape index (κ1) is 29.1. The molecule has 7 nitrogen and oxygen atoms in total. The van der Waals surface area contributed by atoms with Crippen LogP contribution in [0.5, 0.6) is 5.75 Å². The molecule has 0 saturated heterocycles. The van der Waals surface area contributed by atoms with Gasteiger partial charge >= 0.3 is 0 Å². The minimum absolute atomic E-state index is 0.117. The maximum absolute atomic E-state index is 12.7. The molecule has 1 heterocycles. The first-order chi connectivity index (χ1) is 18.8. The Morgan fingerprint density at radius 1 is 0.950 bits per heavy atom. The van der Waals surface area contributed by atoms with E-state index in [4.69, 9.17) is 0 Å². The van der Waals surface area contributed by atoms with Crippen molar-refractivity contribution >= 4 is 23.9 Å². The van der Waals surface area contributed by atoms with Gasteiger partial charge in [-0.2, -0.15) is 5.10 Å². The molecule has 0 atom stereocenters. The summed E-state index contributed by atoms with van der Waals surface area (Å²) in [5.74, 6) is 0.882. The standard InChI is InChI=1S/C32H37N5O2S/c1-21-13-15-23(16-14-21)29-35-36-30(37(29)24-11-9-8-10-12-24)40-20-27(38)34-33-19-22-17-25(31(2,3)4)28(39)26(18-22)32(5,6)7/h8-19,39H,20H2,1-7H3,(H,34,38). The van der Waals surface area contributed by atoms with Gasteiger partial charge in [0.15, 0.2) is 11.0 Å². The second-order valence-corrected chi connectivity index (χ2v) is 12.8. The van der Waals surface area contributed by atoms with Crippen molar-refractivity contribution in [2.45, 2.75) is 64.5 Å². The van der Waals surface area contributed by atoms with Crippen molar-refractivity contribution in [3.05, 3.63) is 89.0 Å². The predicted octanol–water partition coefficient (Wildman–Crippen LogP) is 6.79. The van der Waals surface area contributed by atoms with Gasteiger partial charge in [0.1, 0.15) is 5.75 Å². The number of carbonyl (C=O) groups excluding carboxylic acids is 1. The van der Waals surface area contributed by atoms with Gasteiger partial charge in [-0.3, -0.25) is 9.36 Å². The molecular formula is C32H37N5O2S. The third-order valence-electron chi connectivity index (χ3n) is 6.44. The van der Waals surface area contributed by atoms with Crippen molar-refractivity contribution in [1.82, 2.24) is 20.2 Å². The minimum Gasteiger partial charge on any atom is -0.507 e. The number of para-hydroxylation sites is 1. The molecule has 0 unspecified atom stereocenters. The van der Waals surface area contributed by atoms with E-state index in [-0.39, 0.29) is 22.5 Å². The number of hydrogen-bond acceptors (Lipinski definition) is 6. The number of aromatic hydroxyl groups is 1. The number of nitrogens with one attached hydrogen (secondary N) is 1. The average molecular weight is 556 g/mol. The van der Waals surface area contributed by atoms with Gasteiger partial charge in [-0.05, 0) is 47.6 Å². The fourth-order valence-corrected chi connectivity index (χ4v) is 5.02. The number of hydrazone groups is 1. The molecule has 40 heavy (non-hydrogen) atoms. The second kappa shape index (κ2) is 11.7. The zero-order valence-corrected chi connectivity index (χ0v) is 25.0.